The molecule has 1 aromatic carbocycles. The predicted molar refractivity (Wildman–Crippen MR) is 117 cm³/mol. The first-order valence-electron chi connectivity index (χ1n) is 9.40. The number of benzene rings is 1. The fourth-order valence-corrected chi connectivity index (χ4v) is 3.72. The first-order chi connectivity index (χ1) is 12.1. The van der Waals surface area contributed by atoms with Gasteiger partial charge in [0.2, 0.25) is 5.91 Å². The number of aliphatic imine (C=N–C) groups is 1. The van der Waals surface area contributed by atoms with Gasteiger partial charge in [-0.15, -0.1) is 24.0 Å². The smallest absolute Gasteiger partial charge is 0.219 e. The number of nitrogens with one attached hydrogen (secondary N) is 1. The SMILES string of the molecule is CCNC(=NCC1(c2ccccc2C)CC1)N1CCN(C(C)=O)CC1.I. The van der Waals surface area contributed by atoms with E-state index in [4.69, 9.17) is 4.99 Å². The first-order valence-corrected chi connectivity index (χ1v) is 9.40. The van der Waals surface area contributed by atoms with E-state index in [0.29, 0.717) is 0 Å². The van der Waals surface area contributed by atoms with Crippen LogP contribution in [-0.2, 0) is 10.2 Å². The van der Waals surface area contributed by atoms with Crippen LogP contribution in [0.4, 0.5) is 0 Å². The zero-order valence-electron chi connectivity index (χ0n) is 16.1. The summed E-state index contributed by atoms with van der Waals surface area (Å²) in [5.41, 5.74) is 3.05. The summed E-state index contributed by atoms with van der Waals surface area (Å²) in [6.45, 7) is 10.9. The number of amides is 1. The van der Waals surface area contributed by atoms with Crippen LogP contribution in [0.3, 0.4) is 0 Å². The fourth-order valence-electron chi connectivity index (χ4n) is 3.72. The van der Waals surface area contributed by atoms with Gasteiger partial charge in [-0.2, -0.15) is 0 Å². The summed E-state index contributed by atoms with van der Waals surface area (Å²) in [5.74, 6) is 1.16. The van der Waals surface area contributed by atoms with Gasteiger partial charge in [0.25, 0.3) is 0 Å². The summed E-state index contributed by atoms with van der Waals surface area (Å²) >= 11 is 0. The number of aryl methyl sites for hydroxylation is 1. The van der Waals surface area contributed by atoms with E-state index in [1.54, 1.807) is 6.92 Å². The molecule has 3 rings (SSSR count). The molecule has 0 unspecified atom stereocenters. The number of hydrogen-bond acceptors (Lipinski definition) is 2. The summed E-state index contributed by atoms with van der Waals surface area (Å²) in [4.78, 5) is 20.7. The van der Waals surface area contributed by atoms with Crippen molar-refractivity contribution in [2.45, 2.75) is 39.0 Å². The third-order valence-electron chi connectivity index (χ3n) is 5.46. The zero-order chi connectivity index (χ0) is 17.9. The van der Waals surface area contributed by atoms with E-state index >= 15 is 0 Å². The van der Waals surface area contributed by atoms with Crippen LogP contribution in [0.2, 0.25) is 0 Å². The van der Waals surface area contributed by atoms with Gasteiger partial charge >= 0.3 is 0 Å². The highest BCUT2D eigenvalue weighted by atomic mass is 127. The Morgan fingerprint density at radius 2 is 1.77 bits per heavy atom. The van der Waals surface area contributed by atoms with Crippen LogP contribution >= 0.6 is 24.0 Å². The molecule has 6 heteroatoms. The lowest BCUT2D eigenvalue weighted by Gasteiger charge is -2.36. The summed E-state index contributed by atoms with van der Waals surface area (Å²) < 4.78 is 0. The average Bonchev–Trinajstić information content (AvgIpc) is 3.40. The van der Waals surface area contributed by atoms with E-state index in [0.717, 1.165) is 45.2 Å². The normalized spacial score (nSPS) is 19.0. The predicted octanol–water partition coefficient (Wildman–Crippen LogP) is 2.77. The largest absolute Gasteiger partial charge is 0.357 e. The molecule has 5 nitrogen and oxygen atoms in total. The van der Waals surface area contributed by atoms with Gasteiger partial charge in [-0.05, 0) is 37.8 Å². The second-order valence-corrected chi connectivity index (χ2v) is 7.26. The van der Waals surface area contributed by atoms with Gasteiger partial charge in [-0.3, -0.25) is 9.79 Å². The minimum Gasteiger partial charge on any atom is -0.357 e. The van der Waals surface area contributed by atoms with Gasteiger partial charge in [-0.25, -0.2) is 0 Å². The van der Waals surface area contributed by atoms with Crippen molar-refractivity contribution in [3.8, 4) is 0 Å². The number of halogens is 1. The summed E-state index contributed by atoms with van der Waals surface area (Å²) in [6, 6.07) is 8.71. The Labute approximate surface area is 174 Å². The van der Waals surface area contributed by atoms with Crippen molar-refractivity contribution in [3.05, 3.63) is 35.4 Å². The number of guanidine groups is 1. The van der Waals surface area contributed by atoms with Crippen molar-refractivity contribution < 1.29 is 4.79 Å². The van der Waals surface area contributed by atoms with Crippen molar-refractivity contribution in [2.75, 3.05) is 39.3 Å². The molecular formula is C20H31IN4O. The molecule has 1 heterocycles. The van der Waals surface area contributed by atoms with Crippen molar-refractivity contribution in [3.63, 3.8) is 0 Å². The maximum absolute atomic E-state index is 11.5. The van der Waals surface area contributed by atoms with Crippen LogP contribution in [0.1, 0.15) is 37.8 Å². The Kier molecular flexibility index (Phi) is 7.32. The number of hydrogen-bond donors (Lipinski definition) is 1. The maximum atomic E-state index is 11.5. The van der Waals surface area contributed by atoms with Gasteiger partial charge in [0.05, 0.1) is 6.54 Å². The van der Waals surface area contributed by atoms with Crippen LogP contribution in [0, 0.1) is 6.92 Å². The van der Waals surface area contributed by atoms with Gasteiger partial charge in [0, 0.05) is 45.1 Å². The van der Waals surface area contributed by atoms with E-state index in [1.165, 1.54) is 24.0 Å². The lowest BCUT2D eigenvalue weighted by molar-refractivity contribution is -0.130. The van der Waals surface area contributed by atoms with Crippen molar-refractivity contribution in [2.24, 2.45) is 4.99 Å². The summed E-state index contributed by atoms with van der Waals surface area (Å²) in [7, 11) is 0. The molecule has 0 bridgehead atoms. The van der Waals surface area contributed by atoms with Gasteiger partial charge < -0.3 is 15.1 Å². The highest BCUT2D eigenvalue weighted by molar-refractivity contribution is 14.0. The fraction of sp³-hybridized carbons (Fsp3) is 0.600. The van der Waals surface area contributed by atoms with Gasteiger partial charge in [-0.1, -0.05) is 24.3 Å². The molecule has 1 aliphatic heterocycles. The van der Waals surface area contributed by atoms with E-state index < -0.39 is 0 Å². The molecule has 1 amide bonds. The van der Waals surface area contributed by atoms with Gasteiger partial charge in [0.1, 0.15) is 0 Å². The van der Waals surface area contributed by atoms with Crippen molar-refractivity contribution in [1.82, 2.24) is 15.1 Å². The summed E-state index contributed by atoms with van der Waals surface area (Å²) in [5, 5.41) is 3.44. The van der Waals surface area contributed by atoms with E-state index in [9.17, 15) is 4.79 Å². The van der Waals surface area contributed by atoms with E-state index in [2.05, 4.69) is 48.3 Å². The molecule has 1 N–H and O–H groups in total. The van der Waals surface area contributed by atoms with E-state index in [1.807, 2.05) is 4.90 Å². The Morgan fingerprint density at radius 3 is 2.31 bits per heavy atom. The standard InChI is InChI=1S/C20H30N4O.HI/c1-4-21-19(24-13-11-23(12-14-24)17(3)25)22-15-20(9-10-20)18-8-6-5-7-16(18)2;/h5-8H,4,9-15H2,1-3H3,(H,21,22);1H. The van der Waals surface area contributed by atoms with E-state index in [-0.39, 0.29) is 35.3 Å². The Hall–Kier alpha value is -1.31. The Balaban J connectivity index is 0.00000243. The molecular weight excluding hydrogens is 439 g/mol. The molecule has 0 radical (unpaired) electrons. The molecule has 26 heavy (non-hydrogen) atoms. The number of carbonyl (C=O) groups is 1. The lowest BCUT2D eigenvalue weighted by atomic mass is 9.92. The van der Waals surface area contributed by atoms with Crippen LogP contribution in [0.15, 0.2) is 29.3 Å². The highest BCUT2D eigenvalue weighted by Crippen LogP contribution is 2.49. The van der Waals surface area contributed by atoms with Crippen molar-refractivity contribution in [1.29, 1.82) is 0 Å². The Morgan fingerprint density at radius 1 is 1.15 bits per heavy atom. The number of piperazine rings is 1. The quantitative estimate of drug-likeness (QED) is 0.419. The Bertz CT molecular complexity index is 649. The van der Waals surface area contributed by atoms with Crippen LogP contribution in [-0.4, -0.2) is 60.9 Å². The first kappa shape index (κ1) is 21.0. The minimum absolute atomic E-state index is 0. The topological polar surface area (TPSA) is 47.9 Å². The third kappa shape index (κ3) is 4.69. The summed E-state index contributed by atoms with van der Waals surface area (Å²) in [6.07, 6.45) is 2.44. The molecule has 1 saturated heterocycles. The molecule has 0 aromatic heterocycles. The monoisotopic (exact) mass is 470 g/mol. The lowest BCUT2D eigenvalue weighted by Crippen LogP contribution is -2.53. The minimum atomic E-state index is 0. The number of carbonyl (C=O) groups excluding carboxylic acids is 1. The van der Waals surface area contributed by atoms with Gasteiger partial charge in [0.15, 0.2) is 5.96 Å². The molecule has 1 aliphatic carbocycles. The molecule has 0 atom stereocenters. The second kappa shape index (κ2) is 9.06. The maximum Gasteiger partial charge on any atom is 0.219 e. The molecule has 2 fully saturated rings. The number of nitrogens with zero attached hydrogens (tertiary/aromatic N) is 3. The molecule has 2 aliphatic rings. The second-order valence-electron chi connectivity index (χ2n) is 7.26. The number of rotatable bonds is 4. The molecule has 1 saturated carbocycles. The average molecular weight is 470 g/mol. The third-order valence-corrected chi connectivity index (χ3v) is 5.46. The molecule has 1 aromatic rings. The molecule has 144 valence electrons. The highest BCUT2D eigenvalue weighted by Gasteiger charge is 2.45. The van der Waals surface area contributed by atoms with Crippen LogP contribution in [0.5, 0.6) is 0 Å². The van der Waals surface area contributed by atoms with Crippen LogP contribution < -0.4 is 5.32 Å². The zero-order valence-corrected chi connectivity index (χ0v) is 18.5. The van der Waals surface area contributed by atoms with Crippen molar-refractivity contribution >= 4 is 35.8 Å². The molecule has 0 spiro atoms. The van der Waals surface area contributed by atoms with Crippen LogP contribution in [0.25, 0.3) is 0 Å².